The average molecular weight is 523 g/mol. The molecule has 1 N–H and O–H groups in total. The lowest BCUT2D eigenvalue weighted by atomic mass is 10.1. The molecule has 0 saturated carbocycles. The van der Waals surface area contributed by atoms with Gasteiger partial charge in [0.1, 0.15) is 6.73 Å². The normalized spacial score (nSPS) is 14.5. The number of halogens is 3. The van der Waals surface area contributed by atoms with Crippen molar-refractivity contribution in [3.63, 3.8) is 0 Å². The van der Waals surface area contributed by atoms with Gasteiger partial charge in [-0.1, -0.05) is 24.7 Å². The smallest absolute Gasteiger partial charge is 0.360 e. The van der Waals surface area contributed by atoms with E-state index in [4.69, 9.17) is 4.74 Å². The maximum Gasteiger partial charge on any atom is 0.418 e. The van der Waals surface area contributed by atoms with Crippen molar-refractivity contribution in [2.24, 2.45) is 0 Å². The molecule has 1 aliphatic heterocycles. The number of allylic oxidation sites excluding steroid dienone is 1. The molecule has 3 aromatic rings. The second kappa shape index (κ2) is 9.31. The molecule has 36 heavy (non-hydrogen) atoms. The quantitative estimate of drug-likeness (QED) is 0.369. The fraction of sp³-hybridized carbons (Fsp3) is 0.500. The van der Waals surface area contributed by atoms with Crippen LogP contribution in [0, 0.1) is 6.92 Å². The average Bonchev–Trinajstić information content (AvgIpc) is 3.36. The highest BCUT2D eigenvalue weighted by Gasteiger charge is 2.36. The molecule has 0 fully saturated rings. The van der Waals surface area contributed by atoms with Gasteiger partial charge in [-0.05, 0) is 42.5 Å². The van der Waals surface area contributed by atoms with Crippen molar-refractivity contribution in [3.05, 3.63) is 34.7 Å². The van der Waals surface area contributed by atoms with Crippen molar-refractivity contribution in [1.82, 2.24) is 30.0 Å². The monoisotopic (exact) mass is 522 g/mol. The van der Waals surface area contributed by atoms with Gasteiger partial charge in [-0.25, -0.2) is 9.36 Å². The zero-order valence-corrected chi connectivity index (χ0v) is 22.1. The third-order valence-corrected chi connectivity index (χ3v) is 7.88. The minimum atomic E-state index is -4.70. The molecule has 1 amide bonds. The van der Waals surface area contributed by atoms with Crippen molar-refractivity contribution in [2.45, 2.75) is 59.0 Å². The summed E-state index contributed by atoms with van der Waals surface area (Å²) in [7, 11) is 0.378. The molecular formula is C22H29F3N8O2Si. The molecule has 4 rings (SSSR count). The van der Waals surface area contributed by atoms with Crippen molar-refractivity contribution in [3.8, 4) is 0 Å². The number of ether oxygens (including phenoxy) is 1. The number of aromatic nitrogens is 6. The maximum atomic E-state index is 14.1. The summed E-state index contributed by atoms with van der Waals surface area (Å²) in [5.74, 6) is -0.221. The number of hydrogen-bond donors (Lipinski definition) is 1. The number of benzene rings is 1. The number of carbonyl (C=O) groups is 1. The third-order valence-electron chi connectivity index (χ3n) is 6.17. The molecule has 0 bridgehead atoms. The van der Waals surface area contributed by atoms with E-state index in [2.05, 4.69) is 45.6 Å². The Kier molecular flexibility index (Phi) is 6.68. The number of aryl methyl sites for hydroxylation is 1. The summed E-state index contributed by atoms with van der Waals surface area (Å²) in [5.41, 5.74) is 0.327. The van der Waals surface area contributed by atoms with Crippen LogP contribution in [0.15, 0.2) is 23.4 Å². The molecule has 0 unspecified atom stereocenters. The van der Waals surface area contributed by atoms with Crippen LogP contribution >= 0.6 is 0 Å². The van der Waals surface area contributed by atoms with Gasteiger partial charge in [-0.3, -0.25) is 4.79 Å². The van der Waals surface area contributed by atoms with Crippen LogP contribution in [0.5, 0.6) is 0 Å². The summed E-state index contributed by atoms with van der Waals surface area (Å²) < 4.78 is 50.8. The second-order valence-corrected chi connectivity index (χ2v) is 15.7. The lowest BCUT2D eigenvalue weighted by Gasteiger charge is -2.26. The van der Waals surface area contributed by atoms with E-state index in [1.165, 1.54) is 15.4 Å². The lowest BCUT2D eigenvalue weighted by Crippen LogP contribution is -2.32. The zero-order valence-electron chi connectivity index (χ0n) is 21.1. The van der Waals surface area contributed by atoms with Gasteiger partial charge in [0.05, 0.1) is 34.6 Å². The van der Waals surface area contributed by atoms with Gasteiger partial charge in [0.15, 0.2) is 0 Å². The molecule has 0 radical (unpaired) electrons. The molecule has 0 atom stereocenters. The molecule has 1 aromatic carbocycles. The van der Waals surface area contributed by atoms with Gasteiger partial charge >= 0.3 is 6.18 Å². The Hall–Kier alpha value is -3.26. The van der Waals surface area contributed by atoms with E-state index in [1.807, 2.05) is 0 Å². The summed E-state index contributed by atoms with van der Waals surface area (Å²) in [6.07, 6.45) is -4.70. The van der Waals surface area contributed by atoms with E-state index in [0.29, 0.717) is 29.3 Å². The predicted molar refractivity (Wildman–Crippen MR) is 131 cm³/mol. The van der Waals surface area contributed by atoms with Crippen molar-refractivity contribution in [2.75, 3.05) is 23.9 Å². The van der Waals surface area contributed by atoms with Gasteiger partial charge in [0, 0.05) is 32.8 Å². The molecule has 14 heteroatoms. The predicted octanol–water partition coefficient (Wildman–Crippen LogP) is 4.02. The number of rotatable bonds is 7. The molecule has 0 saturated heterocycles. The highest BCUT2D eigenvalue weighted by atomic mass is 28.3. The van der Waals surface area contributed by atoms with Gasteiger partial charge in [0.25, 0.3) is 5.91 Å². The minimum absolute atomic E-state index is 0.0413. The Labute approximate surface area is 207 Å². The van der Waals surface area contributed by atoms with Crippen LogP contribution < -0.4 is 10.2 Å². The number of anilines is 2. The van der Waals surface area contributed by atoms with E-state index in [-0.39, 0.29) is 30.1 Å². The summed E-state index contributed by atoms with van der Waals surface area (Å²) in [6.45, 7) is 10.7. The molecule has 1 aliphatic rings. The van der Waals surface area contributed by atoms with E-state index in [1.54, 1.807) is 25.8 Å². The summed E-state index contributed by atoms with van der Waals surface area (Å²) >= 11 is 0. The van der Waals surface area contributed by atoms with Crippen molar-refractivity contribution < 1.29 is 22.7 Å². The molecule has 194 valence electrons. The van der Waals surface area contributed by atoms with Crippen LogP contribution in [0.25, 0.3) is 10.9 Å². The van der Waals surface area contributed by atoms with Crippen LogP contribution in [0.1, 0.15) is 18.2 Å². The number of hydrogen-bond acceptors (Lipinski definition) is 7. The van der Waals surface area contributed by atoms with Crippen LogP contribution in [0.3, 0.4) is 0 Å². The van der Waals surface area contributed by atoms with E-state index < -0.39 is 25.7 Å². The topological polar surface area (TPSA) is 103 Å². The number of tetrazole rings is 1. The van der Waals surface area contributed by atoms with Crippen LogP contribution in [0.2, 0.25) is 25.7 Å². The van der Waals surface area contributed by atoms with Gasteiger partial charge < -0.3 is 15.0 Å². The third kappa shape index (κ3) is 5.14. The van der Waals surface area contributed by atoms with Crippen molar-refractivity contribution in [1.29, 1.82) is 0 Å². The molecule has 2 aromatic heterocycles. The number of fused-ring (bicyclic) bond motifs is 2. The number of alkyl halides is 3. The standard InChI is InChI=1S/C22H29F3N8O2Si/c1-13-15-9-18(26-20(34)16-11-32-21(27-29-30-32)31(3)14(16)2)17(22(23,24)25)10-19(15)33(28-13)12-35-7-8-36(4,5)6/h9-10H,7-8,11-12H2,1-6H3,(H,26,34). The first-order valence-corrected chi connectivity index (χ1v) is 15.1. The first-order chi connectivity index (χ1) is 16.8. The summed E-state index contributed by atoms with van der Waals surface area (Å²) in [5, 5.41) is 18.7. The number of amides is 1. The number of nitrogens with zero attached hydrogens (tertiary/aromatic N) is 7. The van der Waals surface area contributed by atoms with E-state index >= 15 is 0 Å². The molecule has 0 aliphatic carbocycles. The SMILES string of the molecule is CC1=C(C(=O)Nc2cc3c(C)nn(COCC[Si](C)(C)C)c3cc2C(F)(F)F)Cn2nnnc2N1C. The van der Waals surface area contributed by atoms with Crippen LogP contribution in [0.4, 0.5) is 24.8 Å². The molecular weight excluding hydrogens is 493 g/mol. The fourth-order valence-corrected chi connectivity index (χ4v) is 4.70. The minimum Gasteiger partial charge on any atom is -0.360 e. The summed E-state index contributed by atoms with van der Waals surface area (Å²) in [4.78, 5) is 14.7. The largest absolute Gasteiger partial charge is 0.418 e. The number of carbonyl (C=O) groups excluding carboxylic acids is 1. The Bertz CT molecular complexity index is 1340. The maximum absolute atomic E-state index is 14.1. The summed E-state index contributed by atoms with van der Waals surface area (Å²) in [6, 6.07) is 3.27. The van der Waals surface area contributed by atoms with Gasteiger partial charge in [0.2, 0.25) is 5.95 Å². The van der Waals surface area contributed by atoms with Crippen molar-refractivity contribution >= 4 is 36.5 Å². The van der Waals surface area contributed by atoms with E-state index in [0.717, 1.165) is 12.1 Å². The highest BCUT2D eigenvalue weighted by Crippen LogP contribution is 2.38. The van der Waals surface area contributed by atoms with E-state index in [9.17, 15) is 18.0 Å². The van der Waals surface area contributed by atoms with Gasteiger partial charge in [-0.2, -0.15) is 18.3 Å². The lowest BCUT2D eigenvalue weighted by molar-refractivity contribution is -0.136. The Morgan fingerprint density at radius 1 is 1.22 bits per heavy atom. The first kappa shape index (κ1) is 25.8. The zero-order chi connectivity index (χ0) is 26.4. The van der Waals surface area contributed by atoms with Crippen LogP contribution in [-0.4, -0.2) is 57.6 Å². The molecule has 3 heterocycles. The Morgan fingerprint density at radius 2 is 1.94 bits per heavy atom. The molecule has 10 nitrogen and oxygen atoms in total. The number of nitrogens with one attached hydrogen (secondary N) is 1. The van der Waals surface area contributed by atoms with Gasteiger partial charge in [-0.15, -0.1) is 0 Å². The highest BCUT2D eigenvalue weighted by molar-refractivity contribution is 6.76. The Balaban J connectivity index is 1.65. The molecule has 0 spiro atoms. The second-order valence-electron chi connectivity index (χ2n) is 10.1. The first-order valence-electron chi connectivity index (χ1n) is 11.4. The van der Waals surface area contributed by atoms with Crippen LogP contribution in [-0.2, 0) is 29.0 Å². The fourth-order valence-electron chi connectivity index (χ4n) is 3.94. The Morgan fingerprint density at radius 3 is 2.61 bits per heavy atom.